The van der Waals surface area contributed by atoms with Crippen LogP contribution in [0, 0.1) is 5.92 Å². The van der Waals surface area contributed by atoms with Crippen LogP contribution in [0.2, 0.25) is 0 Å². The molecule has 1 atom stereocenters. The Labute approximate surface area is 210 Å². The molecule has 194 valence electrons. The van der Waals surface area contributed by atoms with Gasteiger partial charge in [0.1, 0.15) is 12.4 Å². The van der Waals surface area contributed by atoms with Crippen molar-refractivity contribution in [3.8, 4) is 5.75 Å². The molecule has 2 N–H and O–H groups in total. The van der Waals surface area contributed by atoms with E-state index in [-0.39, 0.29) is 18.4 Å². The molecule has 1 aliphatic heterocycles. The van der Waals surface area contributed by atoms with Gasteiger partial charge in [-0.3, -0.25) is 19.1 Å². The second-order valence-corrected chi connectivity index (χ2v) is 8.71. The van der Waals surface area contributed by atoms with E-state index in [0.29, 0.717) is 36.6 Å². The molecule has 1 amide bonds. The van der Waals surface area contributed by atoms with Crippen LogP contribution in [-0.4, -0.2) is 28.5 Å². The van der Waals surface area contributed by atoms with Crippen LogP contribution in [0.15, 0.2) is 70.8 Å². The summed E-state index contributed by atoms with van der Waals surface area (Å²) < 4.78 is 46.6. The zero-order valence-corrected chi connectivity index (χ0v) is 20.0. The number of ether oxygens (including phenoxy) is 1. The van der Waals surface area contributed by atoms with Crippen molar-refractivity contribution in [2.45, 2.75) is 19.2 Å². The molecule has 11 heteroatoms. The molecule has 0 unspecified atom stereocenters. The van der Waals surface area contributed by atoms with Gasteiger partial charge in [-0.25, -0.2) is 4.79 Å². The van der Waals surface area contributed by atoms with Gasteiger partial charge in [-0.05, 0) is 54.8 Å². The number of aromatic amines is 1. The van der Waals surface area contributed by atoms with Crippen LogP contribution in [0.1, 0.15) is 16.8 Å². The highest BCUT2D eigenvalue weighted by Gasteiger charge is 2.32. The summed E-state index contributed by atoms with van der Waals surface area (Å²) in [5.74, 6) is 0.0842. The standard InChI is InChI=1S/C26H25F3N4O4/c1-3-23(34)30-13-16-11-20-21(33(14-16)18-9-7-17(8-10-18)26(27,28)29)5-4-6-22(20)37-15-19-12-24(35)31-25(36)32(19)2/h3-10,12,16H,1,11,13-15H2,2H3,(H,30,34)(H,31,35,36)/t16-/m1/s1. The van der Waals surface area contributed by atoms with E-state index in [4.69, 9.17) is 4.74 Å². The Morgan fingerprint density at radius 1 is 1.22 bits per heavy atom. The zero-order valence-electron chi connectivity index (χ0n) is 20.0. The minimum Gasteiger partial charge on any atom is -0.487 e. The van der Waals surface area contributed by atoms with E-state index in [2.05, 4.69) is 16.9 Å². The number of carbonyl (C=O) groups excluding carboxylic acids is 1. The van der Waals surface area contributed by atoms with Gasteiger partial charge in [-0.15, -0.1) is 0 Å². The van der Waals surface area contributed by atoms with Crippen molar-refractivity contribution in [1.82, 2.24) is 14.9 Å². The van der Waals surface area contributed by atoms with Crippen LogP contribution in [0.3, 0.4) is 0 Å². The Kier molecular flexibility index (Phi) is 7.23. The van der Waals surface area contributed by atoms with Crippen molar-refractivity contribution in [3.63, 3.8) is 0 Å². The summed E-state index contributed by atoms with van der Waals surface area (Å²) >= 11 is 0. The molecular weight excluding hydrogens is 489 g/mol. The number of rotatable bonds is 7. The molecule has 3 aromatic rings. The number of H-pyrrole nitrogens is 1. The number of hydrogen-bond acceptors (Lipinski definition) is 5. The summed E-state index contributed by atoms with van der Waals surface area (Å²) in [4.78, 5) is 39.5. The molecule has 0 radical (unpaired) electrons. The van der Waals surface area contributed by atoms with Gasteiger partial charge in [0.25, 0.3) is 5.56 Å². The van der Waals surface area contributed by atoms with Crippen LogP contribution in [0.4, 0.5) is 24.5 Å². The monoisotopic (exact) mass is 514 g/mol. The molecule has 0 saturated carbocycles. The lowest BCUT2D eigenvalue weighted by Gasteiger charge is -2.37. The first-order valence-electron chi connectivity index (χ1n) is 11.5. The maximum Gasteiger partial charge on any atom is 0.416 e. The molecule has 1 aliphatic rings. The first-order valence-corrected chi connectivity index (χ1v) is 11.5. The lowest BCUT2D eigenvalue weighted by molar-refractivity contribution is -0.137. The van der Waals surface area contributed by atoms with E-state index in [1.54, 1.807) is 12.1 Å². The van der Waals surface area contributed by atoms with E-state index in [1.807, 2.05) is 11.0 Å². The van der Waals surface area contributed by atoms with Gasteiger partial charge in [0.05, 0.1) is 11.3 Å². The van der Waals surface area contributed by atoms with Crippen molar-refractivity contribution in [1.29, 1.82) is 0 Å². The summed E-state index contributed by atoms with van der Waals surface area (Å²) in [6.45, 7) is 4.17. The Bertz CT molecular complexity index is 1430. The summed E-state index contributed by atoms with van der Waals surface area (Å²) in [7, 11) is 1.52. The molecule has 2 heterocycles. The summed E-state index contributed by atoms with van der Waals surface area (Å²) in [6.07, 6.45) is -2.75. The van der Waals surface area contributed by atoms with E-state index in [9.17, 15) is 27.6 Å². The Balaban J connectivity index is 1.68. The van der Waals surface area contributed by atoms with Gasteiger partial charge >= 0.3 is 11.9 Å². The molecular formula is C26H25F3N4O4. The van der Waals surface area contributed by atoms with Gasteiger partial charge in [-0.2, -0.15) is 13.2 Å². The zero-order chi connectivity index (χ0) is 26.7. The highest BCUT2D eigenvalue weighted by molar-refractivity contribution is 5.86. The topological polar surface area (TPSA) is 96.4 Å². The van der Waals surface area contributed by atoms with Gasteiger partial charge in [0.2, 0.25) is 5.91 Å². The summed E-state index contributed by atoms with van der Waals surface area (Å²) in [5, 5.41) is 2.78. The lowest BCUT2D eigenvalue weighted by Crippen LogP contribution is -2.39. The summed E-state index contributed by atoms with van der Waals surface area (Å²) in [5.41, 5.74) is 0.629. The number of alkyl halides is 3. The first kappa shape index (κ1) is 25.8. The Morgan fingerprint density at radius 3 is 2.62 bits per heavy atom. The molecule has 8 nitrogen and oxygen atoms in total. The number of nitrogens with zero attached hydrogens (tertiary/aromatic N) is 2. The third kappa shape index (κ3) is 5.76. The molecule has 37 heavy (non-hydrogen) atoms. The summed E-state index contributed by atoms with van der Waals surface area (Å²) in [6, 6.07) is 11.5. The van der Waals surface area contributed by atoms with E-state index < -0.39 is 23.0 Å². The second-order valence-electron chi connectivity index (χ2n) is 8.71. The van der Waals surface area contributed by atoms with Crippen molar-refractivity contribution >= 4 is 17.3 Å². The average Bonchev–Trinajstić information content (AvgIpc) is 2.87. The Hall–Kier alpha value is -4.28. The van der Waals surface area contributed by atoms with Crippen molar-refractivity contribution < 1.29 is 22.7 Å². The van der Waals surface area contributed by atoms with Crippen molar-refractivity contribution in [2.24, 2.45) is 13.0 Å². The van der Waals surface area contributed by atoms with Gasteiger partial charge in [-0.1, -0.05) is 12.6 Å². The van der Waals surface area contributed by atoms with Crippen LogP contribution < -0.4 is 26.2 Å². The minimum atomic E-state index is -4.45. The van der Waals surface area contributed by atoms with E-state index in [1.165, 1.54) is 35.9 Å². The van der Waals surface area contributed by atoms with Crippen LogP contribution >= 0.6 is 0 Å². The number of hydrogen-bond donors (Lipinski definition) is 2. The maximum atomic E-state index is 13.1. The average molecular weight is 515 g/mol. The normalized spacial score (nSPS) is 15.1. The third-order valence-electron chi connectivity index (χ3n) is 6.23. The highest BCUT2D eigenvalue weighted by atomic mass is 19.4. The van der Waals surface area contributed by atoms with Gasteiger partial charge in [0, 0.05) is 43.1 Å². The number of amides is 1. The van der Waals surface area contributed by atoms with Gasteiger partial charge in [0.15, 0.2) is 0 Å². The van der Waals surface area contributed by atoms with Gasteiger partial charge < -0.3 is 15.0 Å². The quantitative estimate of drug-likeness (QED) is 0.472. The predicted octanol–water partition coefficient (Wildman–Crippen LogP) is 3.28. The fourth-order valence-corrected chi connectivity index (χ4v) is 4.28. The first-order chi connectivity index (χ1) is 17.6. The number of nitrogens with one attached hydrogen (secondary N) is 2. The van der Waals surface area contributed by atoms with Crippen LogP contribution in [0.5, 0.6) is 5.75 Å². The Morgan fingerprint density at radius 2 is 1.95 bits per heavy atom. The maximum absolute atomic E-state index is 13.1. The second kappa shape index (κ2) is 10.4. The number of halogens is 3. The SMILES string of the molecule is C=CC(=O)NC[C@H]1Cc2c(OCc3cc(=O)[nH]c(=O)n3C)cccc2N(c2ccc(C(F)(F)F)cc2)C1. The molecule has 0 bridgehead atoms. The third-order valence-corrected chi connectivity index (χ3v) is 6.23. The number of carbonyl (C=O) groups is 1. The molecule has 0 aliphatic carbocycles. The predicted molar refractivity (Wildman–Crippen MR) is 132 cm³/mol. The minimum absolute atomic E-state index is 0.0513. The van der Waals surface area contributed by atoms with Crippen molar-refractivity contribution in [3.05, 3.63) is 98.8 Å². The molecule has 0 saturated heterocycles. The number of benzene rings is 2. The number of fused-ring (bicyclic) bond motifs is 1. The molecule has 0 spiro atoms. The molecule has 4 rings (SSSR count). The highest BCUT2D eigenvalue weighted by Crippen LogP contribution is 2.41. The lowest BCUT2D eigenvalue weighted by atomic mass is 9.91. The van der Waals surface area contributed by atoms with Crippen LogP contribution in [0.25, 0.3) is 0 Å². The smallest absolute Gasteiger partial charge is 0.416 e. The largest absolute Gasteiger partial charge is 0.487 e. The van der Waals surface area contributed by atoms with Crippen LogP contribution in [-0.2, 0) is 31.0 Å². The van der Waals surface area contributed by atoms with E-state index in [0.717, 1.165) is 23.4 Å². The molecule has 1 aromatic heterocycles. The fourth-order valence-electron chi connectivity index (χ4n) is 4.28. The number of aromatic nitrogens is 2. The number of anilines is 2. The van der Waals surface area contributed by atoms with E-state index >= 15 is 0 Å². The molecule has 0 fully saturated rings. The van der Waals surface area contributed by atoms with Crippen molar-refractivity contribution in [2.75, 3.05) is 18.0 Å². The fraction of sp³-hybridized carbons (Fsp3) is 0.269. The molecule has 2 aromatic carbocycles.